The van der Waals surface area contributed by atoms with Crippen molar-refractivity contribution in [1.29, 1.82) is 0 Å². The Morgan fingerprint density at radius 1 is 0.519 bits per heavy atom. The van der Waals surface area contributed by atoms with Crippen molar-refractivity contribution in [3.05, 3.63) is 106 Å². The van der Waals surface area contributed by atoms with Crippen molar-refractivity contribution in [3.8, 4) is 17.1 Å². The third-order valence-electron chi connectivity index (χ3n) is 7.71. The van der Waals surface area contributed by atoms with E-state index in [0.29, 0.717) is 5.56 Å². The number of halogens is 9. The first kappa shape index (κ1) is 48.8. The van der Waals surface area contributed by atoms with Crippen LogP contribution in [-0.2, 0) is 48.3 Å². The van der Waals surface area contributed by atoms with Gasteiger partial charge < -0.3 is 10.4 Å². The van der Waals surface area contributed by atoms with E-state index in [9.17, 15) is 43.5 Å². The molecule has 4 aromatic rings. The van der Waals surface area contributed by atoms with Gasteiger partial charge in [-0.15, -0.1) is 17.1 Å². The van der Waals surface area contributed by atoms with Crippen molar-refractivity contribution >= 4 is 19.2 Å². The van der Waals surface area contributed by atoms with Gasteiger partial charge in [0.15, 0.2) is 0 Å². The van der Waals surface area contributed by atoms with Crippen molar-refractivity contribution in [2.24, 2.45) is 0 Å². The smallest absolute Gasteiger partial charge is 0 e. The molecule has 0 aliphatic heterocycles. The number of benzene rings is 2. The molecule has 4 nitrogen and oxygen atoms in total. The quantitative estimate of drug-likeness (QED) is 0.117. The first-order chi connectivity index (χ1) is 23.3. The molecule has 0 unspecified atom stereocenters. The Kier molecular flexibility index (Phi) is 14.2. The fourth-order valence-electron chi connectivity index (χ4n) is 4.70. The Bertz CT molecular complexity index is 1820. The van der Waals surface area contributed by atoms with Crippen LogP contribution in [0.4, 0.5) is 49.7 Å². The van der Waals surface area contributed by atoms with Crippen LogP contribution in [0.1, 0.15) is 111 Å². The summed E-state index contributed by atoms with van der Waals surface area (Å²) < 4.78 is 98.9. The molecule has 0 bridgehead atoms. The normalized spacial score (nSPS) is 13.9. The standard InChI is InChI=1S/C21H25F3NO.C18H24N2.F6P.Pd/c1-19(2,3)13-11-15(20(4,5)6)18(26)17(12-13)25-16-10-8-7-9-14(16)21(22,23)24;1-17(2,3)13-7-9-19-15(11-13)16-12-14(8-10-20-16)18(4,5)6;1-7(2,3,4,5)6;/h7-12,26H,1-6H3;7-12H,1-6H3;;/q-1;;-1;/p-1. The van der Waals surface area contributed by atoms with Gasteiger partial charge in [0.1, 0.15) is 0 Å². The Labute approximate surface area is 326 Å². The van der Waals surface area contributed by atoms with Crippen LogP contribution in [-0.4, -0.2) is 9.97 Å². The number of rotatable bonds is 3. The first-order valence-corrected chi connectivity index (χ1v) is 18.6. The van der Waals surface area contributed by atoms with Crippen LogP contribution in [0.3, 0.4) is 0 Å². The van der Waals surface area contributed by atoms with Gasteiger partial charge in [-0.05, 0) is 62.6 Å². The van der Waals surface area contributed by atoms with Crippen molar-refractivity contribution in [1.82, 2.24) is 9.97 Å². The Balaban J connectivity index is 0.000000462. The monoisotopic (exact) mass is 882 g/mol. The van der Waals surface area contributed by atoms with E-state index in [1.54, 1.807) is 6.07 Å². The van der Waals surface area contributed by atoms with E-state index >= 15 is 0 Å². The number of para-hydroxylation sites is 1. The molecule has 0 saturated carbocycles. The third kappa shape index (κ3) is 16.7. The number of hydrogen-bond donors (Lipinski definition) is 0. The van der Waals surface area contributed by atoms with Gasteiger partial charge in [0.2, 0.25) is 0 Å². The van der Waals surface area contributed by atoms with Crippen LogP contribution in [0, 0.1) is 0 Å². The molecule has 54 heavy (non-hydrogen) atoms. The van der Waals surface area contributed by atoms with Crippen LogP contribution in [0.2, 0.25) is 0 Å². The van der Waals surface area contributed by atoms with Gasteiger partial charge in [-0.3, -0.25) is 9.97 Å². The van der Waals surface area contributed by atoms with E-state index in [-0.39, 0.29) is 53.8 Å². The van der Waals surface area contributed by atoms with E-state index in [0.717, 1.165) is 23.0 Å². The molecular formula is C39H48F9N3OPPd-3. The Morgan fingerprint density at radius 3 is 1.26 bits per heavy atom. The second kappa shape index (κ2) is 15.7. The molecule has 0 amide bonds. The Morgan fingerprint density at radius 2 is 0.907 bits per heavy atom. The van der Waals surface area contributed by atoms with Crippen molar-refractivity contribution in [2.45, 2.75) is 111 Å². The number of pyridine rings is 2. The summed E-state index contributed by atoms with van der Waals surface area (Å²) in [6.07, 6.45) is -0.777. The van der Waals surface area contributed by atoms with Gasteiger partial charge in [0.25, 0.3) is 0 Å². The molecular weight excluding hydrogens is 835 g/mol. The molecule has 2 aromatic heterocycles. The van der Waals surface area contributed by atoms with Crippen molar-refractivity contribution < 1.29 is 63.9 Å². The van der Waals surface area contributed by atoms with Gasteiger partial charge in [-0.1, -0.05) is 125 Å². The molecule has 0 spiro atoms. The zero-order valence-electron chi connectivity index (χ0n) is 32.3. The minimum atomic E-state index is -10.7. The second-order valence-electron chi connectivity index (χ2n) is 16.8. The van der Waals surface area contributed by atoms with E-state index in [2.05, 4.69) is 81.1 Å². The molecule has 0 aliphatic carbocycles. The molecule has 0 aliphatic rings. The maximum Gasteiger partial charge on any atom is 0 e. The number of nitrogens with zero attached hydrogens (tertiary/aromatic N) is 3. The molecule has 2 heterocycles. The summed E-state index contributed by atoms with van der Waals surface area (Å²) in [4.78, 5) is 8.97. The topological polar surface area (TPSA) is 62.9 Å². The Hall–Kier alpha value is -3.20. The van der Waals surface area contributed by atoms with Crippen LogP contribution in [0.25, 0.3) is 16.7 Å². The van der Waals surface area contributed by atoms with E-state index in [4.69, 9.17) is 0 Å². The summed E-state index contributed by atoms with van der Waals surface area (Å²) in [5, 5.41) is 17.0. The molecule has 0 radical (unpaired) electrons. The second-order valence-corrected chi connectivity index (χ2v) is 18.7. The molecule has 0 atom stereocenters. The molecule has 0 fully saturated rings. The van der Waals surface area contributed by atoms with Crippen LogP contribution in [0.15, 0.2) is 73.1 Å². The molecule has 0 N–H and O–H groups in total. The fraction of sp³-hybridized carbons (Fsp3) is 0.436. The molecule has 4 rings (SSSR count). The van der Waals surface area contributed by atoms with Crippen LogP contribution >= 0.6 is 7.81 Å². The minimum absolute atomic E-state index is 0. The summed E-state index contributed by atoms with van der Waals surface area (Å²) >= 11 is 0. The number of alkyl halides is 3. The summed E-state index contributed by atoms with van der Waals surface area (Å²) in [7, 11) is -10.7. The summed E-state index contributed by atoms with van der Waals surface area (Å²) in [6, 6.07) is 17.0. The first-order valence-electron chi connectivity index (χ1n) is 16.6. The maximum atomic E-state index is 13.3. The van der Waals surface area contributed by atoms with Gasteiger partial charge in [0.05, 0.1) is 11.4 Å². The number of hydrogen-bond acceptors (Lipinski definition) is 3. The molecule has 0 saturated heterocycles. The van der Waals surface area contributed by atoms with E-state index < -0.39 is 25.0 Å². The van der Waals surface area contributed by atoms with Crippen molar-refractivity contribution in [2.75, 3.05) is 0 Å². The maximum absolute atomic E-state index is 13.3. The third-order valence-corrected chi connectivity index (χ3v) is 7.71. The van der Waals surface area contributed by atoms with Gasteiger partial charge in [-0.2, -0.15) is 13.2 Å². The zero-order chi connectivity index (χ0) is 41.3. The SMILES string of the molecule is CC(C)(C)c1cc([N-]c2ccccc2C(F)(F)F)c([O-])c(C(C)(C)C)c1.CC(C)(C)c1ccnc(-c2cc(C(C)(C)C)ccn2)c1.F[P-](F)(F)(F)(F)F.[Pd]. The predicted octanol–water partition coefficient (Wildman–Crippen LogP) is 14.8. The van der Waals surface area contributed by atoms with Crippen LogP contribution in [0.5, 0.6) is 5.75 Å². The summed E-state index contributed by atoms with van der Waals surface area (Å²) in [5.41, 5.74) is 4.37. The van der Waals surface area contributed by atoms with Crippen molar-refractivity contribution in [3.63, 3.8) is 0 Å². The molecule has 306 valence electrons. The van der Waals surface area contributed by atoms with E-state index in [1.165, 1.54) is 29.3 Å². The van der Waals surface area contributed by atoms with Crippen LogP contribution < -0.4 is 5.11 Å². The molecule has 2 aromatic carbocycles. The van der Waals surface area contributed by atoms with Gasteiger partial charge in [0, 0.05) is 38.4 Å². The molecule has 15 heteroatoms. The minimum Gasteiger partial charge on any atom is 0 e. The fourth-order valence-corrected chi connectivity index (χ4v) is 4.70. The average Bonchev–Trinajstić information content (AvgIpc) is 2.95. The average molecular weight is 883 g/mol. The van der Waals surface area contributed by atoms with Gasteiger partial charge in [-0.25, -0.2) is 0 Å². The predicted molar refractivity (Wildman–Crippen MR) is 196 cm³/mol. The summed E-state index contributed by atoms with van der Waals surface area (Å²) in [5.74, 6) is -0.331. The summed E-state index contributed by atoms with van der Waals surface area (Å²) in [6.45, 7) is 25.0. The van der Waals surface area contributed by atoms with E-state index in [1.807, 2.05) is 60.0 Å². The van der Waals surface area contributed by atoms with Gasteiger partial charge >= 0.3 is 39.2 Å². The number of aromatic nitrogens is 2. The largest absolute Gasteiger partial charge is 0 e. The zero-order valence-corrected chi connectivity index (χ0v) is 34.8.